The van der Waals surface area contributed by atoms with Crippen LogP contribution in [-0.2, 0) is 11.2 Å². The van der Waals surface area contributed by atoms with E-state index in [2.05, 4.69) is 37.3 Å². The lowest BCUT2D eigenvalue weighted by atomic mass is 9.51. The summed E-state index contributed by atoms with van der Waals surface area (Å²) in [4.78, 5) is 13.9. The van der Waals surface area contributed by atoms with E-state index < -0.39 is 0 Å². The molecule has 0 heterocycles. The molecule has 0 aliphatic heterocycles. The zero-order valence-corrected chi connectivity index (χ0v) is 24.9. The van der Waals surface area contributed by atoms with E-state index in [4.69, 9.17) is 4.74 Å². The number of aliphatic hydroxyl groups excluding tert-OH is 1. The van der Waals surface area contributed by atoms with Gasteiger partial charge in [0, 0.05) is 19.5 Å². The van der Waals surface area contributed by atoms with E-state index in [0.29, 0.717) is 42.4 Å². The van der Waals surface area contributed by atoms with E-state index in [1.165, 1.54) is 16.7 Å². The predicted molar refractivity (Wildman–Crippen MR) is 160 cm³/mol. The van der Waals surface area contributed by atoms with Gasteiger partial charge in [-0.2, -0.15) is 0 Å². The number of rotatable bonds is 10. The molecule has 1 amide bonds. The molecule has 0 saturated heterocycles. The van der Waals surface area contributed by atoms with Gasteiger partial charge in [0.05, 0.1) is 12.7 Å². The highest BCUT2D eigenvalue weighted by Crippen LogP contribution is 2.65. The first kappa shape index (κ1) is 29.0. The molecule has 5 rings (SSSR count). The molecule has 5 nitrogen and oxygen atoms in total. The number of aliphatic hydroxyl groups is 1. The standard InChI is InChI=1S/C35H49NO4/c1-23(2)36(4)33(39)9-7-5-6-8-20-40-27-14-10-24(11-15-27)30-22-35(3)31(18-19-32(35)38)29-16-12-25-21-26(37)13-17-28(25)34(29)30/h10-11,13-15,17,21,23,29-32,34,37-38H,5-9,12,16,18-20,22H2,1-4H3/t29?,30-,31?,32+,34?,35+/m1/s1. The topological polar surface area (TPSA) is 70.0 Å². The number of aromatic hydroxyl groups is 1. The number of phenols is 1. The highest BCUT2D eigenvalue weighted by Gasteiger charge is 2.57. The van der Waals surface area contributed by atoms with Crippen LogP contribution in [0, 0.1) is 17.3 Å². The molecule has 0 aromatic heterocycles. The van der Waals surface area contributed by atoms with E-state index in [1.807, 2.05) is 37.9 Å². The minimum Gasteiger partial charge on any atom is -0.508 e. The maximum atomic E-state index is 12.1. The number of ether oxygens (including phenoxy) is 1. The smallest absolute Gasteiger partial charge is 0.222 e. The number of hydrogen-bond donors (Lipinski definition) is 2. The lowest BCUT2D eigenvalue weighted by molar-refractivity contribution is -0.131. The molecule has 2 aromatic carbocycles. The van der Waals surface area contributed by atoms with Crippen LogP contribution < -0.4 is 4.74 Å². The number of benzene rings is 2. The Bertz CT molecular complexity index is 1160. The van der Waals surface area contributed by atoms with Gasteiger partial charge in [-0.05, 0) is 129 Å². The van der Waals surface area contributed by atoms with Gasteiger partial charge in [-0.15, -0.1) is 0 Å². The fourth-order valence-corrected chi connectivity index (χ4v) is 8.19. The Balaban J connectivity index is 1.20. The van der Waals surface area contributed by atoms with Gasteiger partial charge >= 0.3 is 0 Å². The van der Waals surface area contributed by atoms with Gasteiger partial charge in [0.25, 0.3) is 0 Å². The molecular formula is C35H49NO4. The fraction of sp³-hybridized carbons (Fsp3) is 0.629. The molecule has 3 aliphatic carbocycles. The molecule has 0 spiro atoms. The van der Waals surface area contributed by atoms with Crippen LogP contribution in [0.5, 0.6) is 11.5 Å². The second kappa shape index (κ2) is 12.1. The summed E-state index contributed by atoms with van der Waals surface area (Å²) >= 11 is 0. The Hall–Kier alpha value is -2.53. The minimum absolute atomic E-state index is 0.0375. The number of unbranched alkanes of at least 4 members (excludes halogenated alkanes) is 3. The second-order valence-electron chi connectivity index (χ2n) is 13.3. The minimum atomic E-state index is -0.223. The molecule has 2 N–H and O–H groups in total. The molecule has 3 aliphatic rings. The molecule has 3 unspecified atom stereocenters. The first-order valence-electron chi connectivity index (χ1n) is 15.7. The summed E-state index contributed by atoms with van der Waals surface area (Å²) < 4.78 is 6.09. The number of carbonyl (C=O) groups excluding carboxylic acids is 1. The average molecular weight is 548 g/mol. The van der Waals surface area contributed by atoms with Crippen LogP contribution in [0.3, 0.4) is 0 Å². The molecule has 2 saturated carbocycles. The van der Waals surface area contributed by atoms with Crippen molar-refractivity contribution >= 4 is 5.91 Å². The second-order valence-corrected chi connectivity index (χ2v) is 13.3. The van der Waals surface area contributed by atoms with Crippen molar-refractivity contribution in [2.24, 2.45) is 17.3 Å². The summed E-state index contributed by atoms with van der Waals surface area (Å²) in [6.45, 7) is 7.12. The quantitative estimate of drug-likeness (QED) is 0.309. The van der Waals surface area contributed by atoms with Crippen molar-refractivity contribution in [1.29, 1.82) is 0 Å². The number of fused-ring (bicyclic) bond motifs is 5. The summed E-state index contributed by atoms with van der Waals surface area (Å²) in [5, 5.41) is 21.2. The summed E-state index contributed by atoms with van der Waals surface area (Å²) in [6, 6.07) is 15.0. The van der Waals surface area contributed by atoms with Crippen LogP contribution in [0.1, 0.15) is 107 Å². The summed E-state index contributed by atoms with van der Waals surface area (Å²) in [7, 11) is 1.88. The van der Waals surface area contributed by atoms with E-state index in [1.54, 1.807) is 0 Å². The van der Waals surface area contributed by atoms with E-state index in [0.717, 1.165) is 63.5 Å². The van der Waals surface area contributed by atoms with E-state index >= 15 is 0 Å². The van der Waals surface area contributed by atoms with Gasteiger partial charge in [-0.1, -0.05) is 38.0 Å². The highest BCUT2D eigenvalue weighted by atomic mass is 16.5. The van der Waals surface area contributed by atoms with Crippen molar-refractivity contribution in [2.45, 2.75) is 109 Å². The Morgan fingerprint density at radius 1 is 1.05 bits per heavy atom. The van der Waals surface area contributed by atoms with Crippen LogP contribution >= 0.6 is 0 Å². The third kappa shape index (κ3) is 5.77. The van der Waals surface area contributed by atoms with Crippen molar-refractivity contribution in [2.75, 3.05) is 13.7 Å². The van der Waals surface area contributed by atoms with Crippen molar-refractivity contribution in [1.82, 2.24) is 4.90 Å². The maximum Gasteiger partial charge on any atom is 0.222 e. The van der Waals surface area contributed by atoms with Crippen LogP contribution in [0.15, 0.2) is 42.5 Å². The Morgan fingerprint density at radius 3 is 2.55 bits per heavy atom. The van der Waals surface area contributed by atoms with Crippen molar-refractivity contribution in [3.8, 4) is 11.5 Å². The molecule has 6 atom stereocenters. The normalized spacial score (nSPS) is 29.0. The maximum absolute atomic E-state index is 12.1. The van der Waals surface area contributed by atoms with Gasteiger partial charge in [-0.25, -0.2) is 0 Å². The predicted octanol–water partition coefficient (Wildman–Crippen LogP) is 7.20. The third-order valence-electron chi connectivity index (χ3n) is 10.7. The molecule has 0 bridgehead atoms. The first-order valence-corrected chi connectivity index (χ1v) is 15.7. The molecule has 5 heteroatoms. The molecule has 218 valence electrons. The monoisotopic (exact) mass is 547 g/mol. The highest BCUT2D eigenvalue weighted by molar-refractivity contribution is 5.76. The van der Waals surface area contributed by atoms with Crippen LogP contribution in [-0.4, -0.2) is 46.8 Å². The molecule has 2 fully saturated rings. The Morgan fingerprint density at radius 2 is 1.80 bits per heavy atom. The molecule has 0 radical (unpaired) electrons. The number of carbonyl (C=O) groups is 1. The summed E-state index contributed by atoms with van der Waals surface area (Å²) in [5.74, 6) is 3.39. The lowest BCUT2D eigenvalue weighted by Crippen LogP contribution is -2.47. The number of phenolic OH excluding ortho intramolecular Hbond substituents is 1. The first-order chi connectivity index (χ1) is 19.2. The zero-order chi connectivity index (χ0) is 28.4. The molecule has 2 aromatic rings. The number of aryl methyl sites for hydroxylation is 1. The third-order valence-corrected chi connectivity index (χ3v) is 10.7. The Labute approximate surface area is 240 Å². The van der Waals surface area contributed by atoms with E-state index in [-0.39, 0.29) is 23.5 Å². The lowest BCUT2D eigenvalue weighted by Gasteiger charge is -2.54. The molecule has 40 heavy (non-hydrogen) atoms. The number of amides is 1. The number of hydrogen-bond acceptors (Lipinski definition) is 4. The van der Waals surface area contributed by atoms with E-state index in [9.17, 15) is 15.0 Å². The largest absolute Gasteiger partial charge is 0.508 e. The van der Waals surface area contributed by atoms with Gasteiger partial charge in [0.1, 0.15) is 11.5 Å². The van der Waals surface area contributed by atoms with Crippen LogP contribution in [0.25, 0.3) is 0 Å². The van der Waals surface area contributed by atoms with Gasteiger partial charge < -0.3 is 19.8 Å². The zero-order valence-electron chi connectivity index (χ0n) is 24.9. The summed E-state index contributed by atoms with van der Waals surface area (Å²) in [5.41, 5.74) is 3.99. The van der Waals surface area contributed by atoms with Gasteiger partial charge in [0.15, 0.2) is 0 Å². The van der Waals surface area contributed by atoms with Gasteiger partial charge in [-0.3, -0.25) is 4.79 Å². The Kier molecular flexibility index (Phi) is 8.80. The van der Waals surface area contributed by atoms with Crippen molar-refractivity contribution in [3.63, 3.8) is 0 Å². The summed E-state index contributed by atoms with van der Waals surface area (Å²) in [6.07, 6.45) is 9.63. The fourth-order valence-electron chi connectivity index (χ4n) is 8.19. The van der Waals surface area contributed by atoms with Crippen LogP contribution in [0.4, 0.5) is 0 Å². The average Bonchev–Trinajstić information content (AvgIpc) is 3.25. The number of nitrogens with zero attached hydrogens (tertiary/aromatic N) is 1. The van der Waals surface area contributed by atoms with Gasteiger partial charge in [0.2, 0.25) is 5.91 Å². The van der Waals surface area contributed by atoms with Crippen molar-refractivity contribution < 1.29 is 19.7 Å². The van der Waals surface area contributed by atoms with Crippen molar-refractivity contribution in [3.05, 3.63) is 59.2 Å². The SMILES string of the molecule is CC(C)N(C)C(=O)CCCCCCOc1ccc([C@H]2C[C@@]3(C)C(CC[C@@H]3O)C3CCc4cc(O)ccc4C32)cc1. The molecular weight excluding hydrogens is 498 g/mol. The van der Waals surface area contributed by atoms with Crippen LogP contribution in [0.2, 0.25) is 0 Å².